The van der Waals surface area contributed by atoms with Crippen LogP contribution in [-0.2, 0) is 32.5 Å². The fourth-order valence-electron chi connectivity index (χ4n) is 6.44. The lowest BCUT2D eigenvalue weighted by atomic mass is 9.49. The molecule has 2 fully saturated rings. The van der Waals surface area contributed by atoms with Crippen LogP contribution in [0.5, 0.6) is 5.75 Å². The van der Waals surface area contributed by atoms with E-state index >= 15 is 0 Å². The van der Waals surface area contributed by atoms with E-state index < -0.39 is 5.41 Å². The second-order valence-corrected chi connectivity index (χ2v) is 10.2. The molecule has 0 amide bonds. The number of carbonyl (C=O) groups excluding carboxylic acids is 1. The Labute approximate surface area is 191 Å². The molecule has 0 bridgehead atoms. The molecule has 3 atom stereocenters. The summed E-state index contributed by atoms with van der Waals surface area (Å²) in [7, 11) is 3.26. The summed E-state index contributed by atoms with van der Waals surface area (Å²) in [6.45, 7) is 7.64. The van der Waals surface area contributed by atoms with E-state index in [0.717, 1.165) is 74.7 Å². The van der Waals surface area contributed by atoms with Crippen LogP contribution in [0.3, 0.4) is 0 Å². The number of hydrogen-bond donors (Lipinski definition) is 0. The summed E-state index contributed by atoms with van der Waals surface area (Å²) in [6, 6.07) is 4.55. The number of carbonyl (C=O) groups is 1. The molecule has 3 aliphatic rings. The molecule has 1 aromatic rings. The van der Waals surface area contributed by atoms with Gasteiger partial charge in [0.15, 0.2) is 0 Å². The predicted octanol–water partition coefficient (Wildman–Crippen LogP) is 4.08. The standard InChI is InChI=1S/C25H35NO4S/c1-24-8-5-9-25(2,23(27)29-4)21(24)7-6-17-14-18(20(28-3)16-19(17)24)15-22(31)26-10-12-30-13-11-26/h14,16,21H,5-13,15H2,1-4H3. The Morgan fingerprint density at radius 1 is 1.23 bits per heavy atom. The van der Waals surface area contributed by atoms with Crippen LogP contribution < -0.4 is 4.74 Å². The second kappa shape index (κ2) is 8.70. The molecule has 2 aliphatic carbocycles. The number of rotatable bonds is 4. The average Bonchev–Trinajstić information content (AvgIpc) is 2.78. The van der Waals surface area contributed by atoms with E-state index in [1.54, 1.807) is 7.11 Å². The fraction of sp³-hybridized carbons (Fsp3) is 0.680. The third-order valence-corrected chi connectivity index (χ3v) is 8.51. The maximum absolute atomic E-state index is 12.8. The van der Waals surface area contributed by atoms with Gasteiger partial charge in [-0.3, -0.25) is 4.79 Å². The molecule has 0 N–H and O–H groups in total. The van der Waals surface area contributed by atoms with E-state index in [9.17, 15) is 4.79 Å². The molecule has 4 rings (SSSR count). The van der Waals surface area contributed by atoms with Crippen LogP contribution in [0.1, 0.15) is 56.2 Å². The van der Waals surface area contributed by atoms with Gasteiger partial charge in [0.1, 0.15) is 5.75 Å². The number of morpholine rings is 1. The number of ether oxygens (including phenoxy) is 3. The van der Waals surface area contributed by atoms with Gasteiger partial charge >= 0.3 is 5.97 Å². The van der Waals surface area contributed by atoms with Gasteiger partial charge in [-0.2, -0.15) is 0 Å². The van der Waals surface area contributed by atoms with Gasteiger partial charge in [0.2, 0.25) is 0 Å². The van der Waals surface area contributed by atoms with Gasteiger partial charge in [0.25, 0.3) is 0 Å². The van der Waals surface area contributed by atoms with Crippen LogP contribution in [0.2, 0.25) is 0 Å². The number of hydrogen-bond acceptors (Lipinski definition) is 5. The highest BCUT2D eigenvalue weighted by Crippen LogP contribution is 2.58. The van der Waals surface area contributed by atoms with Crippen molar-refractivity contribution >= 4 is 23.2 Å². The van der Waals surface area contributed by atoms with Gasteiger partial charge in [-0.05, 0) is 61.1 Å². The highest BCUT2D eigenvalue weighted by atomic mass is 32.1. The van der Waals surface area contributed by atoms with Crippen molar-refractivity contribution in [3.05, 3.63) is 28.8 Å². The first-order valence-electron chi connectivity index (χ1n) is 11.5. The van der Waals surface area contributed by atoms with Gasteiger partial charge < -0.3 is 19.1 Å². The highest BCUT2D eigenvalue weighted by Gasteiger charge is 2.55. The van der Waals surface area contributed by atoms with Gasteiger partial charge in [-0.15, -0.1) is 0 Å². The largest absolute Gasteiger partial charge is 0.496 e. The molecule has 170 valence electrons. The Hall–Kier alpha value is -1.66. The predicted molar refractivity (Wildman–Crippen MR) is 125 cm³/mol. The van der Waals surface area contributed by atoms with E-state index in [-0.39, 0.29) is 17.3 Å². The SMILES string of the molecule is COC(=O)C1(C)CCCC2(C)c3cc(OC)c(CC(=S)N4CCOCC4)cc3CCC12. The van der Waals surface area contributed by atoms with Gasteiger partial charge in [0.05, 0.1) is 37.8 Å². The van der Waals surface area contributed by atoms with Crippen molar-refractivity contribution in [2.24, 2.45) is 11.3 Å². The first-order valence-corrected chi connectivity index (χ1v) is 11.9. The summed E-state index contributed by atoms with van der Waals surface area (Å²) in [5.41, 5.74) is 3.41. The molecule has 0 radical (unpaired) electrons. The number of methoxy groups -OCH3 is 2. The molecule has 6 heteroatoms. The molecular weight excluding hydrogens is 410 g/mol. The molecule has 0 aromatic heterocycles. The topological polar surface area (TPSA) is 48.0 Å². The van der Waals surface area contributed by atoms with E-state index in [2.05, 4.69) is 30.9 Å². The normalized spacial score (nSPS) is 30.2. The van der Waals surface area contributed by atoms with Gasteiger partial charge in [0, 0.05) is 25.1 Å². The monoisotopic (exact) mass is 445 g/mol. The zero-order chi connectivity index (χ0) is 22.2. The first kappa shape index (κ1) is 22.5. The molecule has 5 nitrogen and oxygen atoms in total. The summed E-state index contributed by atoms with van der Waals surface area (Å²) >= 11 is 5.77. The molecule has 3 unspecified atom stereocenters. The molecule has 1 aromatic carbocycles. The molecule has 1 saturated carbocycles. The van der Waals surface area contributed by atoms with Crippen LogP contribution in [0, 0.1) is 11.3 Å². The Morgan fingerprint density at radius 3 is 2.65 bits per heavy atom. The molecule has 1 saturated heterocycles. The zero-order valence-corrected chi connectivity index (χ0v) is 20.1. The Morgan fingerprint density at radius 2 is 1.97 bits per heavy atom. The number of thiocarbonyl (C=S) groups is 1. The zero-order valence-electron chi connectivity index (χ0n) is 19.3. The number of aryl methyl sites for hydroxylation is 1. The van der Waals surface area contributed by atoms with Gasteiger partial charge in [-0.25, -0.2) is 0 Å². The molecular formula is C25H35NO4S. The van der Waals surface area contributed by atoms with Crippen molar-refractivity contribution in [2.75, 3.05) is 40.5 Å². The maximum Gasteiger partial charge on any atom is 0.311 e. The minimum absolute atomic E-state index is 0.0503. The lowest BCUT2D eigenvalue weighted by Crippen LogP contribution is -2.52. The number of nitrogens with zero attached hydrogens (tertiary/aromatic N) is 1. The summed E-state index contributed by atoms with van der Waals surface area (Å²) in [4.78, 5) is 16.0. The van der Waals surface area contributed by atoms with Gasteiger partial charge in [-0.1, -0.05) is 31.6 Å². The Kier molecular flexibility index (Phi) is 6.32. The smallest absolute Gasteiger partial charge is 0.311 e. The van der Waals surface area contributed by atoms with Crippen LogP contribution >= 0.6 is 12.2 Å². The van der Waals surface area contributed by atoms with Crippen molar-refractivity contribution in [1.29, 1.82) is 0 Å². The highest BCUT2D eigenvalue weighted by molar-refractivity contribution is 7.80. The fourth-order valence-corrected chi connectivity index (χ4v) is 6.78. The minimum Gasteiger partial charge on any atom is -0.496 e. The van der Waals surface area contributed by atoms with Crippen molar-refractivity contribution < 1.29 is 19.0 Å². The quantitative estimate of drug-likeness (QED) is 0.514. The van der Waals surface area contributed by atoms with Crippen LogP contribution in [0.25, 0.3) is 0 Å². The third-order valence-electron chi connectivity index (χ3n) is 8.11. The first-order chi connectivity index (χ1) is 14.8. The number of fused-ring (bicyclic) bond motifs is 3. The lowest BCUT2D eigenvalue weighted by molar-refractivity contribution is -0.161. The van der Waals surface area contributed by atoms with Crippen molar-refractivity contribution in [2.45, 2.75) is 57.8 Å². The third kappa shape index (κ3) is 3.86. The summed E-state index contributed by atoms with van der Waals surface area (Å²) < 4.78 is 16.6. The number of benzene rings is 1. The van der Waals surface area contributed by atoms with Crippen LogP contribution in [0.4, 0.5) is 0 Å². The molecule has 1 aliphatic heterocycles. The average molecular weight is 446 g/mol. The van der Waals surface area contributed by atoms with Crippen LogP contribution in [-0.4, -0.2) is 56.4 Å². The van der Waals surface area contributed by atoms with Crippen molar-refractivity contribution in [3.8, 4) is 5.75 Å². The van der Waals surface area contributed by atoms with E-state index in [0.29, 0.717) is 6.42 Å². The Balaban J connectivity index is 1.66. The van der Waals surface area contributed by atoms with E-state index in [1.807, 2.05) is 0 Å². The molecule has 0 spiro atoms. The van der Waals surface area contributed by atoms with E-state index in [4.69, 9.17) is 26.4 Å². The lowest BCUT2D eigenvalue weighted by Gasteiger charge is -2.54. The summed E-state index contributed by atoms with van der Waals surface area (Å²) in [5.74, 6) is 1.12. The Bertz CT molecular complexity index is 865. The summed E-state index contributed by atoms with van der Waals surface area (Å²) in [5, 5.41) is 0. The molecule has 1 heterocycles. The number of esters is 1. The van der Waals surface area contributed by atoms with Crippen molar-refractivity contribution in [3.63, 3.8) is 0 Å². The van der Waals surface area contributed by atoms with Crippen LogP contribution in [0.15, 0.2) is 12.1 Å². The maximum atomic E-state index is 12.8. The second-order valence-electron chi connectivity index (χ2n) is 9.76. The molecule has 31 heavy (non-hydrogen) atoms. The summed E-state index contributed by atoms with van der Waals surface area (Å²) in [6.07, 6.45) is 5.72. The minimum atomic E-state index is -0.427. The van der Waals surface area contributed by atoms with E-state index in [1.165, 1.54) is 18.2 Å². The van der Waals surface area contributed by atoms with Crippen molar-refractivity contribution in [1.82, 2.24) is 4.90 Å².